The second kappa shape index (κ2) is 8.61. The maximum atomic E-state index is 12.1. The molecule has 0 atom stereocenters. The average molecular weight is 336 g/mol. The van der Waals surface area contributed by atoms with Crippen molar-refractivity contribution in [2.24, 2.45) is 5.92 Å². The maximum Gasteiger partial charge on any atom is 0.356 e. The number of rotatable bonds is 7. The van der Waals surface area contributed by atoms with Crippen LogP contribution >= 0.6 is 0 Å². The van der Waals surface area contributed by atoms with Gasteiger partial charge in [-0.25, -0.2) is 4.79 Å². The smallest absolute Gasteiger partial charge is 0.356 e. The molecule has 0 bridgehead atoms. The van der Waals surface area contributed by atoms with Crippen LogP contribution in [0.5, 0.6) is 0 Å². The molecule has 132 valence electrons. The number of carbonyl (C=O) groups is 3. The van der Waals surface area contributed by atoms with Gasteiger partial charge in [0.25, 0.3) is 0 Å². The summed E-state index contributed by atoms with van der Waals surface area (Å²) in [5, 5.41) is 4.24. The fourth-order valence-electron chi connectivity index (χ4n) is 3.11. The SMILES string of the molecule is CCOC(=O)CC(=O)C1CCC(n2nccc2C(=O)OCC)CC1. The van der Waals surface area contributed by atoms with E-state index in [4.69, 9.17) is 9.47 Å². The number of ketones is 1. The summed E-state index contributed by atoms with van der Waals surface area (Å²) in [4.78, 5) is 35.5. The lowest BCUT2D eigenvalue weighted by atomic mass is 9.82. The first-order valence-electron chi connectivity index (χ1n) is 8.45. The number of nitrogens with zero attached hydrogens (tertiary/aromatic N) is 2. The van der Waals surface area contributed by atoms with Crippen LogP contribution in [0.15, 0.2) is 12.3 Å². The lowest BCUT2D eigenvalue weighted by Gasteiger charge is -2.28. The predicted octanol–water partition coefficient (Wildman–Crippen LogP) is 2.31. The molecule has 0 unspecified atom stereocenters. The van der Waals surface area contributed by atoms with Gasteiger partial charge in [0.05, 0.1) is 19.3 Å². The van der Waals surface area contributed by atoms with Crippen LogP contribution in [0, 0.1) is 5.92 Å². The average Bonchev–Trinajstić information content (AvgIpc) is 3.05. The van der Waals surface area contributed by atoms with Gasteiger partial charge in [-0.1, -0.05) is 0 Å². The molecule has 0 radical (unpaired) electrons. The number of carbonyl (C=O) groups excluding carboxylic acids is 3. The lowest BCUT2D eigenvalue weighted by molar-refractivity contribution is -0.146. The lowest BCUT2D eigenvalue weighted by Crippen LogP contribution is -2.27. The van der Waals surface area contributed by atoms with Crippen molar-refractivity contribution in [1.29, 1.82) is 0 Å². The highest BCUT2D eigenvalue weighted by Gasteiger charge is 2.30. The number of hydrogen-bond acceptors (Lipinski definition) is 6. The van der Waals surface area contributed by atoms with Gasteiger partial charge in [-0.2, -0.15) is 5.10 Å². The Balaban J connectivity index is 1.91. The standard InChI is InChI=1S/C17H24N2O5/c1-3-23-16(21)11-15(20)12-5-7-13(8-6-12)19-14(9-10-18-19)17(22)24-4-2/h9-10,12-13H,3-8,11H2,1-2H3. The maximum absolute atomic E-state index is 12.1. The summed E-state index contributed by atoms with van der Waals surface area (Å²) in [6.45, 7) is 4.09. The molecule has 0 aromatic carbocycles. The summed E-state index contributed by atoms with van der Waals surface area (Å²) in [6.07, 6.45) is 4.29. The summed E-state index contributed by atoms with van der Waals surface area (Å²) in [5.74, 6) is -1.01. The Morgan fingerprint density at radius 1 is 1.12 bits per heavy atom. The minimum absolute atomic E-state index is 0.0574. The summed E-state index contributed by atoms with van der Waals surface area (Å²) >= 11 is 0. The summed E-state index contributed by atoms with van der Waals surface area (Å²) in [6, 6.07) is 1.72. The molecule has 0 aliphatic heterocycles. The zero-order chi connectivity index (χ0) is 17.5. The van der Waals surface area contributed by atoms with Crippen molar-refractivity contribution in [2.75, 3.05) is 13.2 Å². The second-order valence-electron chi connectivity index (χ2n) is 5.84. The van der Waals surface area contributed by atoms with Crippen molar-refractivity contribution in [3.8, 4) is 0 Å². The molecule has 1 fully saturated rings. The van der Waals surface area contributed by atoms with Crippen molar-refractivity contribution >= 4 is 17.7 Å². The molecule has 1 aromatic heterocycles. The highest BCUT2D eigenvalue weighted by atomic mass is 16.5. The van der Waals surface area contributed by atoms with Crippen molar-refractivity contribution in [3.63, 3.8) is 0 Å². The predicted molar refractivity (Wildman–Crippen MR) is 85.4 cm³/mol. The molecule has 2 rings (SSSR count). The Hall–Kier alpha value is -2.18. The highest BCUT2D eigenvalue weighted by Crippen LogP contribution is 2.33. The van der Waals surface area contributed by atoms with E-state index in [0.29, 0.717) is 25.1 Å². The molecular formula is C17H24N2O5. The fraction of sp³-hybridized carbons (Fsp3) is 0.647. The Morgan fingerprint density at radius 3 is 2.42 bits per heavy atom. The van der Waals surface area contributed by atoms with E-state index in [9.17, 15) is 14.4 Å². The minimum atomic E-state index is -0.457. The van der Waals surface area contributed by atoms with E-state index in [-0.39, 0.29) is 36.7 Å². The number of aromatic nitrogens is 2. The van der Waals surface area contributed by atoms with Gasteiger partial charge in [0, 0.05) is 12.1 Å². The summed E-state index contributed by atoms with van der Waals surface area (Å²) in [7, 11) is 0. The van der Waals surface area contributed by atoms with Crippen LogP contribution in [-0.2, 0) is 19.1 Å². The molecule has 0 saturated heterocycles. The van der Waals surface area contributed by atoms with Crippen molar-refractivity contribution in [3.05, 3.63) is 18.0 Å². The third kappa shape index (κ3) is 4.43. The molecule has 7 nitrogen and oxygen atoms in total. The first kappa shape index (κ1) is 18.2. The number of esters is 2. The van der Waals surface area contributed by atoms with Gasteiger partial charge in [-0.15, -0.1) is 0 Å². The Bertz CT molecular complexity index is 588. The van der Waals surface area contributed by atoms with Gasteiger partial charge < -0.3 is 9.47 Å². The van der Waals surface area contributed by atoms with Crippen LogP contribution in [0.25, 0.3) is 0 Å². The van der Waals surface area contributed by atoms with Crippen LogP contribution in [0.2, 0.25) is 0 Å². The minimum Gasteiger partial charge on any atom is -0.466 e. The zero-order valence-corrected chi connectivity index (χ0v) is 14.2. The van der Waals surface area contributed by atoms with E-state index in [1.165, 1.54) is 0 Å². The summed E-state index contributed by atoms with van der Waals surface area (Å²) < 4.78 is 11.6. The van der Waals surface area contributed by atoms with E-state index in [0.717, 1.165) is 12.8 Å². The van der Waals surface area contributed by atoms with Crippen LogP contribution < -0.4 is 0 Å². The molecule has 0 amide bonds. The number of ether oxygens (including phenoxy) is 2. The van der Waals surface area contributed by atoms with Gasteiger partial charge in [-0.3, -0.25) is 14.3 Å². The molecule has 0 spiro atoms. The molecule has 1 aliphatic rings. The van der Waals surface area contributed by atoms with E-state index in [1.54, 1.807) is 30.8 Å². The van der Waals surface area contributed by atoms with Crippen LogP contribution in [0.3, 0.4) is 0 Å². The molecule has 1 saturated carbocycles. The number of hydrogen-bond donors (Lipinski definition) is 0. The molecule has 1 heterocycles. The topological polar surface area (TPSA) is 87.5 Å². The quantitative estimate of drug-likeness (QED) is 0.561. The largest absolute Gasteiger partial charge is 0.466 e. The highest BCUT2D eigenvalue weighted by molar-refractivity contribution is 5.96. The summed E-state index contributed by atoms with van der Waals surface area (Å²) in [5.41, 5.74) is 0.443. The van der Waals surface area contributed by atoms with Gasteiger partial charge in [0.1, 0.15) is 17.9 Å². The van der Waals surface area contributed by atoms with Gasteiger partial charge in [-0.05, 0) is 45.6 Å². The van der Waals surface area contributed by atoms with Gasteiger partial charge in [0.2, 0.25) is 0 Å². The van der Waals surface area contributed by atoms with Gasteiger partial charge in [0.15, 0.2) is 0 Å². The van der Waals surface area contributed by atoms with E-state index in [1.807, 2.05) is 0 Å². The van der Waals surface area contributed by atoms with E-state index < -0.39 is 5.97 Å². The van der Waals surface area contributed by atoms with Gasteiger partial charge >= 0.3 is 11.9 Å². The molecule has 1 aromatic rings. The molecule has 7 heteroatoms. The molecular weight excluding hydrogens is 312 g/mol. The van der Waals surface area contributed by atoms with Crippen LogP contribution in [0.1, 0.15) is 62.5 Å². The Kier molecular flexibility index (Phi) is 6.52. The fourth-order valence-corrected chi connectivity index (χ4v) is 3.11. The normalized spacial score (nSPS) is 20.4. The number of Topliss-reactive ketones (excluding diaryl/α,β-unsaturated/α-hetero) is 1. The van der Waals surface area contributed by atoms with Crippen molar-refractivity contribution in [1.82, 2.24) is 9.78 Å². The Labute approximate surface area is 141 Å². The van der Waals surface area contributed by atoms with E-state index >= 15 is 0 Å². The van der Waals surface area contributed by atoms with Crippen molar-refractivity contribution in [2.45, 2.75) is 52.0 Å². The van der Waals surface area contributed by atoms with Crippen LogP contribution in [0.4, 0.5) is 0 Å². The third-order valence-corrected chi connectivity index (χ3v) is 4.28. The van der Waals surface area contributed by atoms with Crippen molar-refractivity contribution < 1.29 is 23.9 Å². The second-order valence-corrected chi connectivity index (χ2v) is 5.84. The molecule has 1 aliphatic carbocycles. The third-order valence-electron chi connectivity index (χ3n) is 4.28. The molecule has 0 N–H and O–H groups in total. The zero-order valence-electron chi connectivity index (χ0n) is 14.2. The van der Waals surface area contributed by atoms with E-state index in [2.05, 4.69) is 5.10 Å². The van der Waals surface area contributed by atoms with Crippen LogP contribution in [-0.4, -0.2) is 40.7 Å². The monoisotopic (exact) mass is 336 g/mol. The Morgan fingerprint density at radius 2 is 1.79 bits per heavy atom. The molecule has 24 heavy (non-hydrogen) atoms. The first-order chi connectivity index (χ1) is 11.6. The first-order valence-corrected chi connectivity index (χ1v) is 8.45.